The topological polar surface area (TPSA) is 39.1 Å². The zero-order chi connectivity index (χ0) is 15.3. The number of nitrogens with zero attached hydrogens (tertiary/aromatic N) is 2. The van der Waals surface area contributed by atoms with Crippen molar-refractivity contribution in [2.24, 2.45) is 7.05 Å². The highest BCUT2D eigenvalue weighted by molar-refractivity contribution is 9.10. The van der Waals surface area contributed by atoms with Crippen molar-refractivity contribution in [3.05, 3.63) is 15.9 Å². The quantitative estimate of drug-likeness (QED) is 0.786. The minimum atomic E-state index is -0.131. The number of aryl methyl sites for hydroxylation is 2. The monoisotopic (exact) mass is 345 g/mol. The van der Waals surface area contributed by atoms with Crippen LogP contribution in [0.15, 0.2) is 4.47 Å². The molecule has 0 aliphatic heterocycles. The Balaban J connectivity index is 3.08. The molecule has 4 nitrogen and oxygen atoms in total. The van der Waals surface area contributed by atoms with Gasteiger partial charge in [0, 0.05) is 26.6 Å². The maximum atomic E-state index is 5.90. The largest absolute Gasteiger partial charge is 0.377 e. The molecule has 20 heavy (non-hydrogen) atoms. The second-order valence-electron chi connectivity index (χ2n) is 5.26. The van der Waals surface area contributed by atoms with Crippen LogP contribution in [0.5, 0.6) is 0 Å². The van der Waals surface area contributed by atoms with Gasteiger partial charge < -0.3 is 10.1 Å². The molecule has 0 amide bonds. The molecule has 0 saturated heterocycles. The summed E-state index contributed by atoms with van der Waals surface area (Å²) < 4.78 is 8.98. The summed E-state index contributed by atoms with van der Waals surface area (Å²) in [6.45, 7) is 9.49. The highest BCUT2D eigenvalue weighted by atomic mass is 79.9. The zero-order valence-electron chi connectivity index (χ0n) is 13.6. The van der Waals surface area contributed by atoms with E-state index in [2.05, 4.69) is 47.1 Å². The van der Waals surface area contributed by atoms with Crippen LogP contribution in [0, 0.1) is 6.92 Å². The molecule has 1 aromatic rings. The Bertz CT molecular complexity index is 419. The van der Waals surface area contributed by atoms with Gasteiger partial charge in [0.25, 0.3) is 0 Å². The Labute approximate surface area is 131 Å². The second kappa shape index (κ2) is 7.57. The summed E-state index contributed by atoms with van der Waals surface area (Å²) >= 11 is 3.66. The highest BCUT2D eigenvalue weighted by Crippen LogP contribution is 2.29. The van der Waals surface area contributed by atoms with Gasteiger partial charge in [-0.3, -0.25) is 4.68 Å². The van der Waals surface area contributed by atoms with Gasteiger partial charge in [0.1, 0.15) is 0 Å². The second-order valence-corrected chi connectivity index (χ2v) is 6.05. The zero-order valence-corrected chi connectivity index (χ0v) is 15.2. The van der Waals surface area contributed by atoms with E-state index >= 15 is 0 Å². The van der Waals surface area contributed by atoms with E-state index in [4.69, 9.17) is 4.74 Å². The van der Waals surface area contributed by atoms with Gasteiger partial charge in [0.15, 0.2) is 0 Å². The van der Waals surface area contributed by atoms with Crippen LogP contribution in [0.2, 0.25) is 0 Å². The van der Waals surface area contributed by atoms with Crippen molar-refractivity contribution in [2.45, 2.75) is 58.6 Å². The lowest BCUT2D eigenvalue weighted by atomic mass is 9.85. The molecule has 1 rings (SSSR count). The molecule has 0 radical (unpaired) electrons. The first-order chi connectivity index (χ1) is 9.45. The highest BCUT2D eigenvalue weighted by Gasteiger charge is 2.36. The molecular formula is C15H28BrN3O. The average molecular weight is 346 g/mol. The Morgan fingerprint density at radius 1 is 1.35 bits per heavy atom. The van der Waals surface area contributed by atoms with Crippen molar-refractivity contribution in [1.29, 1.82) is 0 Å². The number of methoxy groups -OCH3 is 1. The van der Waals surface area contributed by atoms with Crippen LogP contribution < -0.4 is 5.32 Å². The fraction of sp³-hybridized carbons (Fsp3) is 0.800. The van der Waals surface area contributed by atoms with Crippen LogP contribution in [0.25, 0.3) is 0 Å². The van der Waals surface area contributed by atoms with Crippen LogP contribution in [-0.2, 0) is 18.2 Å². The van der Waals surface area contributed by atoms with Gasteiger partial charge >= 0.3 is 0 Å². The number of hydrogen-bond donors (Lipinski definition) is 1. The molecule has 0 bridgehead atoms. The first-order valence-electron chi connectivity index (χ1n) is 7.42. The molecule has 1 unspecified atom stereocenters. The Kier molecular flexibility index (Phi) is 6.69. The molecule has 0 aromatic carbocycles. The number of nitrogens with one attached hydrogen (secondary N) is 1. The molecular weight excluding hydrogens is 318 g/mol. The molecule has 1 heterocycles. The van der Waals surface area contributed by atoms with Crippen molar-refractivity contribution in [1.82, 2.24) is 15.1 Å². The molecule has 0 fully saturated rings. The lowest BCUT2D eigenvalue weighted by Crippen LogP contribution is -2.53. The maximum Gasteiger partial charge on any atom is 0.0829 e. The van der Waals surface area contributed by atoms with Gasteiger partial charge in [-0.1, -0.05) is 20.8 Å². The Morgan fingerprint density at radius 2 is 1.95 bits per heavy atom. The van der Waals surface area contributed by atoms with Gasteiger partial charge in [0.05, 0.1) is 21.5 Å². The van der Waals surface area contributed by atoms with E-state index in [0.717, 1.165) is 36.0 Å². The number of rotatable bonds is 8. The standard InChI is InChI=1S/C15H28BrN3O/c1-7-15(8-2,20-6)13(17-9-3)10-12-14(16)11(4)18-19(12)5/h13,17H,7-10H2,1-6H3. The smallest absolute Gasteiger partial charge is 0.0829 e. The van der Waals surface area contributed by atoms with E-state index in [1.807, 2.05) is 25.8 Å². The van der Waals surface area contributed by atoms with E-state index < -0.39 is 0 Å². The van der Waals surface area contributed by atoms with Crippen molar-refractivity contribution in [2.75, 3.05) is 13.7 Å². The molecule has 1 N–H and O–H groups in total. The molecule has 0 saturated carbocycles. The van der Waals surface area contributed by atoms with Crippen LogP contribution >= 0.6 is 15.9 Å². The predicted octanol–water partition coefficient (Wildman–Crippen LogP) is 3.22. The molecule has 5 heteroatoms. The van der Waals surface area contributed by atoms with E-state index in [0.29, 0.717) is 0 Å². The Hall–Kier alpha value is -0.390. The third kappa shape index (κ3) is 3.43. The number of ether oxygens (including phenoxy) is 1. The molecule has 0 aliphatic rings. The third-order valence-electron chi connectivity index (χ3n) is 4.35. The van der Waals surface area contributed by atoms with Gasteiger partial charge in [0.2, 0.25) is 0 Å². The van der Waals surface area contributed by atoms with Crippen molar-refractivity contribution < 1.29 is 4.74 Å². The van der Waals surface area contributed by atoms with Crippen molar-refractivity contribution in [3.63, 3.8) is 0 Å². The van der Waals surface area contributed by atoms with Gasteiger partial charge in [-0.25, -0.2) is 0 Å². The fourth-order valence-corrected chi connectivity index (χ4v) is 3.46. The van der Waals surface area contributed by atoms with E-state index in [1.165, 1.54) is 5.69 Å². The average Bonchev–Trinajstić information content (AvgIpc) is 2.68. The van der Waals surface area contributed by atoms with Crippen LogP contribution in [0.3, 0.4) is 0 Å². The minimum absolute atomic E-state index is 0.131. The lowest BCUT2D eigenvalue weighted by Gasteiger charge is -2.39. The van der Waals surface area contributed by atoms with E-state index in [9.17, 15) is 0 Å². The van der Waals surface area contributed by atoms with Crippen LogP contribution in [0.1, 0.15) is 45.0 Å². The molecule has 1 aromatic heterocycles. The number of halogens is 1. The summed E-state index contributed by atoms with van der Waals surface area (Å²) in [5, 5.41) is 8.09. The summed E-state index contributed by atoms with van der Waals surface area (Å²) in [4.78, 5) is 0. The fourth-order valence-electron chi connectivity index (χ4n) is 2.96. The maximum absolute atomic E-state index is 5.90. The van der Waals surface area contributed by atoms with Crippen molar-refractivity contribution in [3.8, 4) is 0 Å². The first-order valence-corrected chi connectivity index (χ1v) is 8.21. The molecule has 0 aliphatic carbocycles. The third-order valence-corrected chi connectivity index (χ3v) is 5.38. The Morgan fingerprint density at radius 3 is 2.30 bits per heavy atom. The van der Waals surface area contributed by atoms with Gasteiger partial charge in [-0.05, 0) is 42.2 Å². The lowest BCUT2D eigenvalue weighted by molar-refractivity contribution is -0.0472. The molecule has 1 atom stereocenters. The summed E-state index contributed by atoms with van der Waals surface area (Å²) in [7, 11) is 3.82. The summed E-state index contributed by atoms with van der Waals surface area (Å²) in [5.74, 6) is 0. The molecule has 116 valence electrons. The van der Waals surface area contributed by atoms with E-state index in [-0.39, 0.29) is 11.6 Å². The summed E-state index contributed by atoms with van der Waals surface area (Å²) in [6, 6.07) is 0.276. The summed E-state index contributed by atoms with van der Waals surface area (Å²) in [5.41, 5.74) is 2.12. The first kappa shape index (κ1) is 17.7. The van der Waals surface area contributed by atoms with Crippen LogP contribution in [-0.4, -0.2) is 35.1 Å². The number of hydrogen-bond acceptors (Lipinski definition) is 3. The number of likely N-dealkylation sites (N-methyl/N-ethyl adjacent to an activating group) is 1. The van der Waals surface area contributed by atoms with Crippen molar-refractivity contribution >= 4 is 15.9 Å². The van der Waals surface area contributed by atoms with Crippen LogP contribution in [0.4, 0.5) is 0 Å². The van der Waals surface area contributed by atoms with Gasteiger partial charge in [-0.2, -0.15) is 5.10 Å². The molecule has 0 spiro atoms. The van der Waals surface area contributed by atoms with E-state index in [1.54, 1.807) is 0 Å². The summed E-state index contributed by atoms with van der Waals surface area (Å²) in [6.07, 6.45) is 2.89. The minimum Gasteiger partial charge on any atom is -0.377 e. The van der Waals surface area contributed by atoms with Gasteiger partial charge in [-0.15, -0.1) is 0 Å². The predicted molar refractivity (Wildman–Crippen MR) is 87.1 cm³/mol. The normalized spacial score (nSPS) is 13.8. The number of aromatic nitrogens is 2. The SMILES string of the molecule is CCNC(Cc1c(Br)c(C)nn1C)C(CC)(CC)OC.